The Balaban J connectivity index is 3.01. The summed E-state index contributed by atoms with van der Waals surface area (Å²) < 4.78 is 2.39. The highest BCUT2D eigenvalue weighted by Crippen LogP contribution is 2.29. The maximum Gasteiger partial charge on any atom is 0.0951 e. The molecule has 0 radical (unpaired) electrons. The fourth-order valence-electron chi connectivity index (χ4n) is 2.22. The topological polar surface area (TPSA) is 17.8 Å². The Labute approximate surface area is 106 Å². The molecular formula is C15H28N2. The highest BCUT2D eigenvalue weighted by Gasteiger charge is 2.19. The summed E-state index contributed by atoms with van der Waals surface area (Å²) in [6.45, 7) is 12.5. The minimum Gasteiger partial charge on any atom is -0.334 e. The Kier molecular flexibility index (Phi) is 5.73. The van der Waals surface area contributed by atoms with Crippen LogP contribution in [0.1, 0.15) is 83.5 Å². The smallest absolute Gasteiger partial charge is 0.0951 e. The second kappa shape index (κ2) is 6.83. The summed E-state index contributed by atoms with van der Waals surface area (Å²) in [5.74, 6) is 1.21. The number of imidazole rings is 1. The molecule has 1 aromatic rings. The third kappa shape index (κ3) is 3.34. The van der Waals surface area contributed by atoms with E-state index in [4.69, 9.17) is 0 Å². The Morgan fingerprint density at radius 3 is 2.29 bits per heavy atom. The van der Waals surface area contributed by atoms with Gasteiger partial charge in [0.05, 0.1) is 12.0 Å². The van der Waals surface area contributed by atoms with Gasteiger partial charge in [-0.15, -0.1) is 0 Å². The molecular weight excluding hydrogens is 208 g/mol. The van der Waals surface area contributed by atoms with Gasteiger partial charge in [-0.3, -0.25) is 0 Å². The monoisotopic (exact) mass is 236 g/mol. The van der Waals surface area contributed by atoms with Crippen LogP contribution in [-0.4, -0.2) is 9.55 Å². The summed E-state index contributed by atoms with van der Waals surface area (Å²) in [4.78, 5) is 4.67. The van der Waals surface area contributed by atoms with Crippen LogP contribution in [-0.2, 0) is 6.54 Å². The quantitative estimate of drug-likeness (QED) is 0.670. The van der Waals surface area contributed by atoms with Gasteiger partial charge < -0.3 is 4.57 Å². The van der Waals surface area contributed by atoms with Crippen LogP contribution < -0.4 is 0 Å². The number of aryl methyl sites for hydroxylation is 1. The molecule has 0 N–H and O–H groups in total. The van der Waals surface area contributed by atoms with Crippen LogP contribution in [0.25, 0.3) is 0 Å². The fourth-order valence-corrected chi connectivity index (χ4v) is 2.22. The Bertz CT molecular complexity index is 328. The van der Waals surface area contributed by atoms with Crippen LogP contribution in [0, 0.1) is 0 Å². The lowest BCUT2D eigenvalue weighted by Crippen LogP contribution is -2.08. The third-order valence-corrected chi connectivity index (χ3v) is 3.82. The van der Waals surface area contributed by atoms with E-state index in [1.54, 1.807) is 0 Å². The van der Waals surface area contributed by atoms with E-state index in [1.165, 1.54) is 37.1 Å². The van der Waals surface area contributed by atoms with Crippen molar-refractivity contribution in [3.8, 4) is 0 Å². The fraction of sp³-hybridized carbons (Fsp3) is 0.800. The van der Waals surface area contributed by atoms with Crippen molar-refractivity contribution in [2.75, 3.05) is 0 Å². The Morgan fingerprint density at radius 2 is 1.76 bits per heavy atom. The SMILES string of the molecule is CCCCn1cnc(C(C)CC)c1C(C)CC. The van der Waals surface area contributed by atoms with Crippen LogP contribution in [0.4, 0.5) is 0 Å². The summed E-state index contributed by atoms with van der Waals surface area (Å²) >= 11 is 0. The zero-order valence-electron chi connectivity index (χ0n) is 12.2. The first-order chi connectivity index (χ1) is 8.15. The second-order valence-electron chi connectivity index (χ2n) is 5.18. The Hall–Kier alpha value is -0.790. The average molecular weight is 236 g/mol. The molecule has 0 fully saturated rings. The van der Waals surface area contributed by atoms with E-state index in [0.29, 0.717) is 11.8 Å². The van der Waals surface area contributed by atoms with Crippen LogP contribution in [0.15, 0.2) is 6.33 Å². The first kappa shape index (κ1) is 14.3. The number of unbranched alkanes of at least 4 members (excludes halogenated alkanes) is 1. The molecule has 1 heterocycles. The predicted molar refractivity (Wildman–Crippen MR) is 74.5 cm³/mol. The molecule has 1 rings (SSSR count). The highest BCUT2D eigenvalue weighted by atomic mass is 15.1. The summed E-state index contributed by atoms with van der Waals surface area (Å²) in [6, 6.07) is 0. The molecule has 0 saturated heterocycles. The maximum atomic E-state index is 4.67. The van der Waals surface area contributed by atoms with Crippen molar-refractivity contribution < 1.29 is 0 Å². The van der Waals surface area contributed by atoms with Crippen molar-refractivity contribution in [2.24, 2.45) is 0 Å². The molecule has 2 heteroatoms. The number of nitrogens with zero attached hydrogens (tertiary/aromatic N) is 2. The van der Waals surface area contributed by atoms with Gasteiger partial charge in [0.1, 0.15) is 0 Å². The van der Waals surface area contributed by atoms with Gasteiger partial charge in [-0.25, -0.2) is 4.98 Å². The predicted octanol–water partition coefficient (Wildman–Crippen LogP) is 4.71. The lowest BCUT2D eigenvalue weighted by molar-refractivity contribution is 0.563. The first-order valence-electron chi connectivity index (χ1n) is 7.20. The van der Waals surface area contributed by atoms with E-state index in [9.17, 15) is 0 Å². The van der Waals surface area contributed by atoms with Gasteiger partial charge >= 0.3 is 0 Å². The Morgan fingerprint density at radius 1 is 1.12 bits per heavy atom. The molecule has 17 heavy (non-hydrogen) atoms. The second-order valence-corrected chi connectivity index (χ2v) is 5.18. The van der Waals surface area contributed by atoms with Gasteiger partial charge in [0.25, 0.3) is 0 Å². The molecule has 1 aromatic heterocycles. The van der Waals surface area contributed by atoms with Gasteiger partial charge in [-0.2, -0.15) is 0 Å². The molecule has 2 atom stereocenters. The zero-order valence-corrected chi connectivity index (χ0v) is 12.2. The first-order valence-corrected chi connectivity index (χ1v) is 7.20. The molecule has 0 aliphatic heterocycles. The minimum absolute atomic E-state index is 0.585. The van der Waals surface area contributed by atoms with E-state index < -0.39 is 0 Å². The van der Waals surface area contributed by atoms with E-state index in [0.717, 1.165) is 6.54 Å². The van der Waals surface area contributed by atoms with Crippen LogP contribution >= 0.6 is 0 Å². The molecule has 0 aliphatic rings. The van der Waals surface area contributed by atoms with Gasteiger partial charge in [0, 0.05) is 12.2 Å². The third-order valence-electron chi connectivity index (χ3n) is 3.82. The van der Waals surface area contributed by atoms with E-state index in [1.807, 2.05) is 0 Å². The molecule has 98 valence electrons. The summed E-state index contributed by atoms with van der Waals surface area (Å²) in [6.07, 6.45) is 6.92. The standard InChI is InChI=1S/C15H28N2/c1-6-9-10-17-11-16-14(12(4)7-2)15(17)13(5)8-3/h11-13H,6-10H2,1-5H3. The minimum atomic E-state index is 0.585. The van der Waals surface area contributed by atoms with Gasteiger partial charge in [-0.1, -0.05) is 41.0 Å². The van der Waals surface area contributed by atoms with E-state index in [-0.39, 0.29) is 0 Å². The molecule has 0 amide bonds. The largest absolute Gasteiger partial charge is 0.334 e. The van der Waals surface area contributed by atoms with E-state index in [2.05, 4.69) is 50.5 Å². The van der Waals surface area contributed by atoms with Crippen molar-refractivity contribution in [1.82, 2.24) is 9.55 Å². The zero-order chi connectivity index (χ0) is 12.8. The van der Waals surface area contributed by atoms with Gasteiger partial charge in [-0.05, 0) is 31.1 Å². The molecule has 2 nitrogen and oxygen atoms in total. The van der Waals surface area contributed by atoms with Crippen molar-refractivity contribution in [3.05, 3.63) is 17.7 Å². The lowest BCUT2D eigenvalue weighted by atomic mass is 9.95. The molecule has 0 aromatic carbocycles. The van der Waals surface area contributed by atoms with Crippen molar-refractivity contribution in [1.29, 1.82) is 0 Å². The number of aromatic nitrogens is 2. The van der Waals surface area contributed by atoms with E-state index >= 15 is 0 Å². The summed E-state index contributed by atoms with van der Waals surface area (Å²) in [5.41, 5.74) is 2.81. The number of hydrogen-bond donors (Lipinski definition) is 0. The lowest BCUT2D eigenvalue weighted by Gasteiger charge is -2.17. The number of rotatable bonds is 7. The van der Waals surface area contributed by atoms with Crippen LogP contribution in [0.3, 0.4) is 0 Å². The highest BCUT2D eigenvalue weighted by molar-refractivity contribution is 5.21. The van der Waals surface area contributed by atoms with Crippen molar-refractivity contribution in [3.63, 3.8) is 0 Å². The summed E-state index contributed by atoms with van der Waals surface area (Å²) in [5, 5.41) is 0. The van der Waals surface area contributed by atoms with Crippen LogP contribution in [0.2, 0.25) is 0 Å². The normalized spacial score (nSPS) is 14.9. The number of hydrogen-bond acceptors (Lipinski definition) is 1. The molecule has 0 spiro atoms. The maximum absolute atomic E-state index is 4.67. The summed E-state index contributed by atoms with van der Waals surface area (Å²) in [7, 11) is 0. The van der Waals surface area contributed by atoms with Crippen molar-refractivity contribution >= 4 is 0 Å². The average Bonchev–Trinajstić information content (AvgIpc) is 2.78. The molecule has 2 unspecified atom stereocenters. The van der Waals surface area contributed by atoms with Crippen LogP contribution in [0.5, 0.6) is 0 Å². The van der Waals surface area contributed by atoms with Crippen molar-refractivity contribution in [2.45, 2.75) is 78.7 Å². The molecule has 0 aliphatic carbocycles. The molecule has 0 saturated carbocycles. The van der Waals surface area contributed by atoms with Gasteiger partial charge in [0.2, 0.25) is 0 Å². The van der Waals surface area contributed by atoms with Gasteiger partial charge in [0.15, 0.2) is 0 Å². The molecule has 0 bridgehead atoms.